The number of carbonyl (C=O) groups is 3. The summed E-state index contributed by atoms with van der Waals surface area (Å²) in [5.74, 6) is -6.50. The van der Waals surface area contributed by atoms with Gasteiger partial charge in [0.15, 0.2) is 17.4 Å². The summed E-state index contributed by atoms with van der Waals surface area (Å²) in [6.07, 6.45) is 7.82. The van der Waals surface area contributed by atoms with Gasteiger partial charge in [-0.25, -0.2) is 13.6 Å². The normalized spacial score (nSPS) is 23.7. The Labute approximate surface area is 337 Å². The van der Waals surface area contributed by atoms with Gasteiger partial charge in [0.2, 0.25) is 17.6 Å². The van der Waals surface area contributed by atoms with Crippen LogP contribution in [0, 0.1) is 35.2 Å². The highest BCUT2D eigenvalue weighted by molar-refractivity contribution is 6.00. The number of likely N-dealkylation sites (tertiary alicyclic amines) is 1. The van der Waals surface area contributed by atoms with Gasteiger partial charge in [-0.2, -0.15) is 9.49 Å². The highest BCUT2D eigenvalue weighted by Gasteiger charge is 2.40. The second-order valence-corrected chi connectivity index (χ2v) is 16.9. The Kier molecular flexibility index (Phi) is 10.2. The quantitative estimate of drug-likeness (QED) is 0.133. The predicted molar refractivity (Wildman–Crippen MR) is 214 cm³/mol. The van der Waals surface area contributed by atoms with E-state index < -0.39 is 46.6 Å². The van der Waals surface area contributed by atoms with E-state index in [1.165, 1.54) is 10.3 Å². The van der Waals surface area contributed by atoms with E-state index in [1.807, 2.05) is 22.9 Å². The predicted octanol–water partition coefficient (Wildman–Crippen LogP) is 4.95. The summed E-state index contributed by atoms with van der Waals surface area (Å²) < 4.78 is 46.8. The molecule has 3 amide bonds. The van der Waals surface area contributed by atoms with Crippen LogP contribution in [0.5, 0.6) is 5.75 Å². The van der Waals surface area contributed by atoms with Gasteiger partial charge in [0.25, 0.3) is 5.91 Å². The van der Waals surface area contributed by atoms with Crippen molar-refractivity contribution in [3.63, 3.8) is 0 Å². The number of imide groups is 1. The number of anilines is 1. The lowest BCUT2D eigenvalue weighted by Crippen LogP contribution is -2.44. The molecule has 1 saturated carbocycles. The Hall–Kier alpha value is -5.64. The number of amides is 3. The van der Waals surface area contributed by atoms with Crippen molar-refractivity contribution in [1.29, 1.82) is 0 Å². The third-order valence-electron chi connectivity index (χ3n) is 13.2. The zero-order chi connectivity index (χ0) is 41.1. The van der Waals surface area contributed by atoms with Gasteiger partial charge in [0, 0.05) is 63.5 Å². The molecule has 4 aliphatic rings. The van der Waals surface area contributed by atoms with Gasteiger partial charge < -0.3 is 20.2 Å². The van der Waals surface area contributed by atoms with Crippen molar-refractivity contribution >= 4 is 45.3 Å². The number of benzene rings is 3. The van der Waals surface area contributed by atoms with Gasteiger partial charge in [0.05, 0.1) is 28.2 Å². The summed E-state index contributed by atoms with van der Waals surface area (Å²) >= 11 is 0. The van der Waals surface area contributed by atoms with Crippen molar-refractivity contribution < 1.29 is 32.7 Å². The Balaban J connectivity index is 0.742. The number of carbonyl (C=O) groups excluding carboxylic acids is 3. The van der Waals surface area contributed by atoms with E-state index in [2.05, 4.69) is 44.8 Å². The number of phenolic OH excluding ortho intramolecular Hbond substituents is 1. The molecule has 310 valence electrons. The summed E-state index contributed by atoms with van der Waals surface area (Å²) in [4.78, 5) is 54.9. The zero-order valence-corrected chi connectivity index (χ0v) is 32.8. The van der Waals surface area contributed by atoms with E-state index in [4.69, 9.17) is 5.10 Å². The smallest absolute Gasteiger partial charge is 0.329 e. The van der Waals surface area contributed by atoms with Gasteiger partial charge in [0.1, 0.15) is 6.04 Å². The van der Waals surface area contributed by atoms with Gasteiger partial charge in [-0.1, -0.05) is 6.07 Å². The summed E-state index contributed by atoms with van der Waals surface area (Å²) in [7, 11) is 1.72. The number of piperidine rings is 1. The fourth-order valence-electron chi connectivity index (χ4n) is 9.89. The zero-order valence-electron chi connectivity index (χ0n) is 32.8. The average Bonchev–Trinajstić information content (AvgIpc) is 3.99. The Bertz CT molecular complexity index is 2530. The van der Waals surface area contributed by atoms with E-state index in [1.54, 1.807) is 11.6 Å². The van der Waals surface area contributed by atoms with E-state index in [0.717, 1.165) is 93.2 Å². The van der Waals surface area contributed by atoms with Crippen LogP contribution in [-0.2, 0) is 23.1 Å². The molecule has 5 aromatic rings. The van der Waals surface area contributed by atoms with Crippen molar-refractivity contribution in [1.82, 2.24) is 34.4 Å². The molecule has 9 rings (SSSR count). The number of halogens is 3. The van der Waals surface area contributed by atoms with Crippen molar-refractivity contribution in [3.8, 4) is 5.75 Å². The standard InChI is InChI=1S/C43H47F3N8O5/c1-50-36-15-24(6-11-34(36)54(43(50)59)35-12-13-37(55)48-42(35)58)3-2-14-51-19-27-21-52(22-28(27)20-51)30-10-7-26-23-53(49-33(26)16-30)29-8-4-25(5-9-29)18-47-41(57)31-17-32(44)40(56)39(46)38(31)45/h6-7,10-11,15-17,23,25,27-29,35,56H,2-5,8-9,12-14,18-22H2,1H3,(H,47,57)(H,48,55,58)/t25-,27-,28+,29-,35?. The minimum absolute atomic E-state index is 0.133. The molecule has 4 fully saturated rings. The van der Waals surface area contributed by atoms with Gasteiger partial charge in [-0.3, -0.25) is 33.5 Å². The maximum atomic E-state index is 14.1. The third-order valence-corrected chi connectivity index (χ3v) is 13.2. The van der Waals surface area contributed by atoms with Gasteiger partial charge >= 0.3 is 5.69 Å². The molecule has 1 unspecified atom stereocenters. The molecule has 59 heavy (non-hydrogen) atoms. The molecule has 0 radical (unpaired) electrons. The SMILES string of the molecule is Cn1c(=O)n(C2CCC(=O)NC2=O)c2ccc(CCCN3C[C@@H]4CN(c5ccc6cn([C@H]7CC[C@H](CNC(=O)c8cc(F)c(O)c(F)c8F)CC7)nc6c5)C[C@@H]4C3)cc21. The molecule has 5 heterocycles. The van der Waals surface area contributed by atoms with Crippen LogP contribution in [0.1, 0.15) is 73.0 Å². The molecule has 3 atom stereocenters. The number of hydrogen-bond acceptors (Lipinski definition) is 8. The van der Waals surface area contributed by atoms with E-state index in [0.29, 0.717) is 29.8 Å². The summed E-state index contributed by atoms with van der Waals surface area (Å²) in [6.45, 7) is 5.40. The molecule has 3 aromatic carbocycles. The number of phenols is 1. The number of imidazole rings is 1. The molecule has 0 spiro atoms. The van der Waals surface area contributed by atoms with Crippen molar-refractivity contribution in [3.05, 3.63) is 87.7 Å². The minimum Gasteiger partial charge on any atom is -0.503 e. The van der Waals surface area contributed by atoms with E-state index in [9.17, 15) is 37.5 Å². The average molecular weight is 813 g/mol. The molecule has 2 aromatic heterocycles. The van der Waals surface area contributed by atoms with Crippen LogP contribution in [0.25, 0.3) is 21.9 Å². The first kappa shape index (κ1) is 38.9. The molecule has 3 aliphatic heterocycles. The number of nitrogens with one attached hydrogen (secondary N) is 2. The van der Waals surface area contributed by atoms with Crippen LogP contribution >= 0.6 is 0 Å². The van der Waals surface area contributed by atoms with Crippen LogP contribution in [0.2, 0.25) is 0 Å². The fraction of sp³-hybridized carbons (Fsp3) is 0.465. The number of aromatic hydroxyl groups is 1. The Morgan fingerprint density at radius 2 is 1.68 bits per heavy atom. The highest BCUT2D eigenvalue weighted by Crippen LogP contribution is 2.37. The molecular weight excluding hydrogens is 766 g/mol. The highest BCUT2D eigenvalue weighted by atomic mass is 19.2. The number of aromatic nitrogens is 4. The van der Waals surface area contributed by atoms with Crippen LogP contribution in [-0.4, -0.2) is 85.9 Å². The van der Waals surface area contributed by atoms with Crippen molar-refractivity contribution in [2.24, 2.45) is 24.8 Å². The number of fused-ring (bicyclic) bond motifs is 3. The van der Waals surface area contributed by atoms with Gasteiger partial charge in [-0.15, -0.1) is 0 Å². The van der Waals surface area contributed by atoms with E-state index in [-0.39, 0.29) is 36.5 Å². The maximum Gasteiger partial charge on any atom is 0.329 e. The van der Waals surface area contributed by atoms with Crippen LogP contribution in [0.4, 0.5) is 18.9 Å². The maximum absolute atomic E-state index is 14.1. The third kappa shape index (κ3) is 7.36. The molecule has 3 N–H and O–H groups in total. The first-order valence-electron chi connectivity index (χ1n) is 20.6. The monoisotopic (exact) mass is 812 g/mol. The largest absolute Gasteiger partial charge is 0.503 e. The molecule has 13 nitrogen and oxygen atoms in total. The first-order chi connectivity index (χ1) is 28.4. The molecule has 1 aliphatic carbocycles. The molecular formula is C43H47F3N8O5. The Morgan fingerprint density at radius 1 is 0.915 bits per heavy atom. The number of rotatable bonds is 10. The summed E-state index contributed by atoms with van der Waals surface area (Å²) in [5.41, 5.74) is 3.75. The molecule has 3 saturated heterocycles. The lowest BCUT2D eigenvalue weighted by molar-refractivity contribution is -0.135. The molecule has 16 heteroatoms. The lowest BCUT2D eigenvalue weighted by atomic mass is 9.86. The number of hydrogen-bond donors (Lipinski definition) is 3. The van der Waals surface area contributed by atoms with Crippen molar-refractivity contribution in [2.75, 3.05) is 44.2 Å². The second-order valence-electron chi connectivity index (χ2n) is 16.9. The van der Waals surface area contributed by atoms with Crippen LogP contribution < -0.4 is 21.2 Å². The van der Waals surface area contributed by atoms with Gasteiger partial charge in [-0.05, 0) is 111 Å². The van der Waals surface area contributed by atoms with E-state index >= 15 is 0 Å². The summed E-state index contributed by atoms with van der Waals surface area (Å²) in [5, 5.41) is 20.3. The fourth-order valence-corrected chi connectivity index (χ4v) is 9.89. The summed E-state index contributed by atoms with van der Waals surface area (Å²) in [6, 6.07) is 12.6. The molecule has 0 bridgehead atoms. The topological polar surface area (TPSA) is 147 Å². The first-order valence-corrected chi connectivity index (χ1v) is 20.6. The lowest BCUT2D eigenvalue weighted by Gasteiger charge is -2.28. The van der Waals surface area contributed by atoms with Crippen LogP contribution in [0.15, 0.2) is 53.5 Å². The number of aryl methyl sites for hydroxylation is 2. The van der Waals surface area contributed by atoms with Crippen LogP contribution in [0.3, 0.4) is 0 Å². The Morgan fingerprint density at radius 3 is 2.42 bits per heavy atom. The minimum atomic E-state index is -1.78. The second kappa shape index (κ2) is 15.5. The van der Waals surface area contributed by atoms with Crippen molar-refractivity contribution in [2.45, 2.75) is 63.5 Å². The number of nitrogens with zero attached hydrogens (tertiary/aromatic N) is 6.